The molecule has 0 aliphatic carbocycles. The van der Waals surface area contributed by atoms with Crippen LogP contribution in [0.2, 0.25) is 0 Å². The van der Waals surface area contributed by atoms with Gasteiger partial charge in [-0.05, 0) is 30.5 Å². The van der Waals surface area contributed by atoms with E-state index in [4.69, 9.17) is 0 Å². The molecular weight excluding hydrogens is 372 g/mol. The van der Waals surface area contributed by atoms with Crippen molar-refractivity contribution >= 4 is 44.5 Å². The first kappa shape index (κ1) is 17.0. The summed E-state index contributed by atoms with van der Waals surface area (Å²) in [4.78, 5) is 26.2. The van der Waals surface area contributed by atoms with E-state index in [0.717, 1.165) is 21.8 Å². The van der Waals surface area contributed by atoms with Gasteiger partial charge in [-0.2, -0.15) is 5.10 Å². The molecule has 0 spiro atoms. The Morgan fingerprint density at radius 2 is 2.29 bits per heavy atom. The van der Waals surface area contributed by atoms with Crippen LogP contribution in [0.5, 0.6) is 0 Å². The van der Waals surface area contributed by atoms with Gasteiger partial charge in [0.15, 0.2) is 5.82 Å². The monoisotopic (exact) mass is 392 g/mol. The Morgan fingerprint density at radius 1 is 1.50 bits per heavy atom. The van der Waals surface area contributed by atoms with Gasteiger partial charge in [0.2, 0.25) is 11.8 Å². The Morgan fingerprint density at radius 3 is 3.04 bits per heavy atom. The van der Waals surface area contributed by atoms with Crippen molar-refractivity contribution in [1.29, 1.82) is 0 Å². The third-order valence-corrected chi connectivity index (χ3v) is 4.77. The second kappa shape index (κ2) is 6.93. The molecule has 1 saturated heterocycles. The van der Waals surface area contributed by atoms with Crippen LogP contribution in [0.1, 0.15) is 26.7 Å². The lowest BCUT2D eigenvalue weighted by Crippen LogP contribution is -2.34. The van der Waals surface area contributed by atoms with E-state index >= 15 is 0 Å². The lowest BCUT2D eigenvalue weighted by Gasteiger charge is -2.14. The number of benzene rings is 1. The standard InChI is InChI=1S/C17H21BrN4O2/c1-10(2)5-6-19-17(24)11-7-15(23)22(9-11)16-13-4-3-12(18)8-14(13)20-21-16/h3-4,8,10-11H,5-7,9H2,1-2H3,(H,19,24)(H,20,21). The zero-order valence-corrected chi connectivity index (χ0v) is 15.4. The third kappa shape index (κ3) is 3.45. The molecule has 1 fully saturated rings. The van der Waals surface area contributed by atoms with Crippen LogP contribution in [0, 0.1) is 11.8 Å². The molecule has 1 unspecified atom stereocenters. The van der Waals surface area contributed by atoms with E-state index in [1.165, 1.54) is 0 Å². The molecule has 1 aliphatic rings. The molecule has 24 heavy (non-hydrogen) atoms. The van der Waals surface area contributed by atoms with Gasteiger partial charge in [0.1, 0.15) is 0 Å². The minimum absolute atomic E-state index is 0.0471. The number of carbonyl (C=O) groups excluding carboxylic acids is 2. The molecule has 128 valence electrons. The molecule has 1 aliphatic heterocycles. The van der Waals surface area contributed by atoms with Gasteiger partial charge >= 0.3 is 0 Å². The Labute approximate surface area is 149 Å². The number of hydrogen-bond acceptors (Lipinski definition) is 3. The molecule has 2 heterocycles. The highest BCUT2D eigenvalue weighted by atomic mass is 79.9. The molecule has 0 bridgehead atoms. The number of anilines is 1. The average Bonchev–Trinajstić information content (AvgIpc) is 3.09. The van der Waals surface area contributed by atoms with E-state index in [-0.39, 0.29) is 24.2 Å². The average molecular weight is 393 g/mol. The lowest BCUT2D eigenvalue weighted by molar-refractivity contribution is -0.126. The lowest BCUT2D eigenvalue weighted by atomic mass is 10.1. The Bertz CT molecular complexity index is 771. The number of aromatic nitrogens is 2. The van der Waals surface area contributed by atoms with E-state index < -0.39 is 0 Å². The fourth-order valence-corrected chi connectivity index (χ4v) is 3.26. The summed E-state index contributed by atoms with van der Waals surface area (Å²) >= 11 is 3.42. The van der Waals surface area contributed by atoms with Gasteiger partial charge in [-0.15, -0.1) is 0 Å². The number of H-pyrrole nitrogens is 1. The largest absolute Gasteiger partial charge is 0.356 e. The predicted molar refractivity (Wildman–Crippen MR) is 96.7 cm³/mol. The number of halogens is 1. The van der Waals surface area contributed by atoms with Crippen LogP contribution in [0.3, 0.4) is 0 Å². The van der Waals surface area contributed by atoms with Gasteiger partial charge in [-0.1, -0.05) is 29.8 Å². The quantitative estimate of drug-likeness (QED) is 0.820. The van der Waals surface area contributed by atoms with Crippen molar-refractivity contribution in [2.75, 3.05) is 18.0 Å². The molecule has 2 amide bonds. The smallest absolute Gasteiger partial charge is 0.229 e. The van der Waals surface area contributed by atoms with Gasteiger partial charge in [0.05, 0.1) is 11.4 Å². The summed E-state index contributed by atoms with van der Waals surface area (Å²) in [5.74, 6) is 0.720. The van der Waals surface area contributed by atoms with Crippen molar-refractivity contribution in [1.82, 2.24) is 15.5 Å². The molecule has 0 saturated carbocycles. The minimum atomic E-state index is -0.313. The first-order valence-electron chi connectivity index (χ1n) is 8.17. The number of nitrogens with one attached hydrogen (secondary N) is 2. The molecule has 3 rings (SSSR count). The zero-order chi connectivity index (χ0) is 17.3. The van der Waals surface area contributed by atoms with Crippen molar-refractivity contribution < 1.29 is 9.59 Å². The van der Waals surface area contributed by atoms with Crippen LogP contribution in [0.25, 0.3) is 10.9 Å². The molecule has 1 atom stereocenters. The molecule has 0 radical (unpaired) electrons. The van der Waals surface area contributed by atoms with Crippen LogP contribution in [-0.4, -0.2) is 35.1 Å². The van der Waals surface area contributed by atoms with Crippen LogP contribution in [-0.2, 0) is 9.59 Å². The van der Waals surface area contributed by atoms with Gasteiger partial charge < -0.3 is 5.32 Å². The molecular formula is C17H21BrN4O2. The van der Waals surface area contributed by atoms with Gasteiger partial charge in [-0.25, -0.2) is 0 Å². The molecule has 2 aromatic rings. The van der Waals surface area contributed by atoms with Crippen molar-refractivity contribution in [3.63, 3.8) is 0 Å². The fourth-order valence-electron chi connectivity index (χ4n) is 2.90. The van der Waals surface area contributed by atoms with Crippen molar-refractivity contribution in [3.05, 3.63) is 22.7 Å². The summed E-state index contributed by atoms with van der Waals surface area (Å²) in [5, 5.41) is 11.0. The topological polar surface area (TPSA) is 78.1 Å². The summed E-state index contributed by atoms with van der Waals surface area (Å²) in [6.45, 7) is 5.27. The third-order valence-electron chi connectivity index (χ3n) is 4.28. The first-order valence-corrected chi connectivity index (χ1v) is 8.96. The number of carbonyl (C=O) groups is 2. The zero-order valence-electron chi connectivity index (χ0n) is 13.8. The highest BCUT2D eigenvalue weighted by Gasteiger charge is 2.36. The van der Waals surface area contributed by atoms with E-state index in [0.29, 0.717) is 24.8 Å². The minimum Gasteiger partial charge on any atom is -0.356 e. The van der Waals surface area contributed by atoms with Gasteiger partial charge in [-0.3, -0.25) is 19.6 Å². The summed E-state index contributed by atoms with van der Waals surface area (Å²) in [6.07, 6.45) is 1.17. The van der Waals surface area contributed by atoms with E-state index in [1.807, 2.05) is 18.2 Å². The number of rotatable bonds is 5. The number of fused-ring (bicyclic) bond motifs is 1. The van der Waals surface area contributed by atoms with Crippen molar-refractivity contribution in [2.24, 2.45) is 11.8 Å². The van der Waals surface area contributed by atoms with Crippen molar-refractivity contribution in [3.8, 4) is 0 Å². The normalized spacial score (nSPS) is 17.9. The molecule has 6 nitrogen and oxygen atoms in total. The fraction of sp³-hybridized carbons (Fsp3) is 0.471. The summed E-state index contributed by atoms with van der Waals surface area (Å²) in [7, 11) is 0. The SMILES string of the molecule is CC(C)CCNC(=O)C1CC(=O)N(c2n[nH]c3cc(Br)ccc23)C1. The number of hydrogen-bond donors (Lipinski definition) is 2. The Balaban J connectivity index is 1.71. The number of aromatic amines is 1. The molecule has 2 N–H and O–H groups in total. The predicted octanol–water partition coefficient (Wildman–Crippen LogP) is 2.84. The summed E-state index contributed by atoms with van der Waals surface area (Å²) < 4.78 is 0.945. The highest BCUT2D eigenvalue weighted by molar-refractivity contribution is 9.10. The second-order valence-electron chi connectivity index (χ2n) is 6.62. The maximum absolute atomic E-state index is 12.4. The molecule has 7 heteroatoms. The van der Waals surface area contributed by atoms with E-state index in [9.17, 15) is 9.59 Å². The van der Waals surface area contributed by atoms with E-state index in [2.05, 4.69) is 45.3 Å². The molecule has 1 aromatic carbocycles. The maximum atomic E-state index is 12.4. The Kier molecular flexibility index (Phi) is 4.89. The van der Waals surface area contributed by atoms with Crippen LogP contribution in [0.15, 0.2) is 22.7 Å². The van der Waals surface area contributed by atoms with Crippen LogP contribution < -0.4 is 10.2 Å². The first-order chi connectivity index (χ1) is 11.5. The summed E-state index contributed by atoms with van der Waals surface area (Å²) in [5.41, 5.74) is 0.858. The summed E-state index contributed by atoms with van der Waals surface area (Å²) in [6, 6.07) is 5.75. The van der Waals surface area contributed by atoms with Crippen LogP contribution in [0.4, 0.5) is 5.82 Å². The number of amides is 2. The van der Waals surface area contributed by atoms with Crippen LogP contribution >= 0.6 is 15.9 Å². The van der Waals surface area contributed by atoms with Gasteiger partial charge in [0.25, 0.3) is 0 Å². The maximum Gasteiger partial charge on any atom is 0.229 e. The Hall–Kier alpha value is -1.89. The van der Waals surface area contributed by atoms with Gasteiger partial charge in [0, 0.05) is 29.4 Å². The second-order valence-corrected chi connectivity index (χ2v) is 7.53. The van der Waals surface area contributed by atoms with Crippen molar-refractivity contribution in [2.45, 2.75) is 26.7 Å². The molecule has 1 aromatic heterocycles. The van der Waals surface area contributed by atoms with E-state index in [1.54, 1.807) is 4.90 Å². The highest BCUT2D eigenvalue weighted by Crippen LogP contribution is 2.31. The number of nitrogens with zero attached hydrogens (tertiary/aromatic N) is 2.